The Bertz CT molecular complexity index is 611. The van der Waals surface area contributed by atoms with E-state index < -0.39 is 5.97 Å². The number of hydrogen-bond acceptors (Lipinski definition) is 4. The lowest BCUT2D eigenvalue weighted by molar-refractivity contribution is 0.0691. The van der Waals surface area contributed by atoms with Crippen LogP contribution in [0.3, 0.4) is 0 Å². The zero-order valence-electron chi connectivity index (χ0n) is 10.8. The minimum Gasteiger partial charge on any atom is -0.496 e. The lowest BCUT2D eigenvalue weighted by Crippen LogP contribution is -2.04. The van der Waals surface area contributed by atoms with Gasteiger partial charge in [-0.25, -0.2) is 9.78 Å². The van der Waals surface area contributed by atoms with Crippen molar-refractivity contribution in [1.29, 1.82) is 0 Å². The van der Waals surface area contributed by atoms with Gasteiger partial charge in [-0.05, 0) is 30.2 Å². The van der Waals surface area contributed by atoms with Crippen molar-refractivity contribution in [3.8, 4) is 17.0 Å². The van der Waals surface area contributed by atoms with E-state index in [9.17, 15) is 4.79 Å². The highest BCUT2D eigenvalue weighted by atomic mass is 16.5. The van der Waals surface area contributed by atoms with Gasteiger partial charge in [0.05, 0.1) is 7.11 Å². The average molecular weight is 258 g/mol. The molecule has 19 heavy (non-hydrogen) atoms. The number of hydrogen-bond donors (Lipinski definition) is 1. The third-order valence-corrected chi connectivity index (χ3v) is 2.84. The number of carboxylic acids is 1. The molecule has 0 aliphatic heterocycles. The number of aryl methyl sites for hydroxylation is 1. The quantitative estimate of drug-likeness (QED) is 0.911. The van der Waals surface area contributed by atoms with Crippen molar-refractivity contribution in [2.45, 2.75) is 13.3 Å². The number of carboxylic acid groups (broad SMARTS) is 1. The van der Waals surface area contributed by atoms with Crippen LogP contribution in [0.5, 0.6) is 5.75 Å². The average Bonchev–Trinajstić information content (AvgIpc) is 2.46. The lowest BCUT2D eigenvalue weighted by atomic mass is 10.0. The molecule has 98 valence electrons. The molecule has 5 heteroatoms. The predicted molar refractivity (Wildman–Crippen MR) is 70.4 cm³/mol. The normalized spacial score (nSPS) is 10.2. The van der Waals surface area contributed by atoms with Gasteiger partial charge in [0.25, 0.3) is 0 Å². The standard InChI is InChI=1S/C14H14N2O3/c1-3-9-8-10(4-5-11(9)19-2)12-13(14(17)18)16-7-6-15-12/h4-8H,3H2,1-2H3,(H,17,18). The van der Waals surface area contributed by atoms with Gasteiger partial charge in [0, 0.05) is 18.0 Å². The molecule has 0 radical (unpaired) electrons. The van der Waals surface area contributed by atoms with E-state index in [1.54, 1.807) is 13.2 Å². The third kappa shape index (κ3) is 2.54. The summed E-state index contributed by atoms with van der Waals surface area (Å²) in [5.74, 6) is -0.302. The van der Waals surface area contributed by atoms with Crippen LogP contribution in [0.2, 0.25) is 0 Å². The van der Waals surface area contributed by atoms with E-state index in [-0.39, 0.29) is 5.69 Å². The third-order valence-electron chi connectivity index (χ3n) is 2.84. The zero-order valence-corrected chi connectivity index (χ0v) is 10.8. The van der Waals surface area contributed by atoms with Crippen LogP contribution in [0.15, 0.2) is 30.6 Å². The fourth-order valence-electron chi connectivity index (χ4n) is 1.91. The van der Waals surface area contributed by atoms with E-state index in [1.165, 1.54) is 12.4 Å². The minimum atomic E-state index is -1.09. The highest BCUT2D eigenvalue weighted by Gasteiger charge is 2.15. The highest BCUT2D eigenvalue weighted by Crippen LogP contribution is 2.27. The summed E-state index contributed by atoms with van der Waals surface area (Å²) in [6, 6.07) is 5.48. The summed E-state index contributed by atoms with van der Waals surface area (Å²) < 4.78 is 5.25. The SMILES string of the molecule is CCc1cc(-c2nccnc2C(=O)O)ccc1OC. The Morgan fingerprint density at radius 3 is 2.68 bits per heavy atom. The number of rotatable bonds is 4. The molecule has 1 heterocycles. The summed E-state index contributed by atoms with van der Waals surface area (Å²) >= 11 is 0. The number of aromatic nitrogens is 2. The molecular formula is C14H14N2O3. The van der Waals surface area contributed by atoms with E-state index >= 15 is 0 Å². The van der Waals surface area contributed by atoms with Crippen molar-refractivity contribution >= 4 is 5.97 Å². The summed E-state index contributed by atoms with van der Waals surface area (Å²) in [5.41, 5.74) is 2.05. The van der Waals surface area contributed by atoms with Gasteiger partial charge in [0.2, 0.25) is 0 Å². The maximum absolute atomic E-state index is 11.1. The second-order valence-corrected chi connectivity index (χ2v) is 3.94. The molecule has 0 saturated carbocycles. The van der Waals surface area contributed by atoms with Crippen molar-refractivity contribution in [2.75, 3.05) is 7.11 Å². The maximum Gasteiger partial charge on any atom is 0.356 e. The van der Waals surface area contributed by atoms with Gasteiger partial charge in [-0.3, -0.25) is 4.98 Å². The second kappa shape index (κ2) is 5.48. The summed E-state index contributed by atoms with van der Waals surface area (Å²) in [5, 5.41) is 9.13. The first-order chi connectivity index (χ1) is 9.17. The van der Waals surface area contributed by atoms with Crippen molar-refractivity contribution in [1.82, 2.24) is 9.97 Å². The highest BCUT2D eigenvalue weighted by molar-refractivity contribution is 5.92. The fraction of sp³-hybridized carbons (Fsp3) is 0.214. The number of nitrogens with zero attached hydrogens (tertiary/aromatic N) is 2. The molecule has 2 aromatic rings. The first-order valence-electron chi connectivity index (χ1n) is 5.89. The van der Waals surface area contributed by atoms with Crippen LogP contribution in [-0.2, 0) is 6.42 Å². The Morgan fingerprint density at radius 2 is 2.05 bits per heavy atom. The van der Waals surface area contributed by atoms with Crippen LogP contribution in [-0.4, -0.2) is 28.2 Å². The first kappa shape index (κ1) is 13.0. The van der Waals surface area contributed by atoms with Gasteiger partial charge in [0.15, 0.2) is 5.69 Å². The topological polar surface area (TPSA) is 72.3 Å². The van der Waals surface area contributed by atoms with E-state index in [1.807, 2.05) is 19.1 Å². The molecule has 0 bridgehead atoms. The van der Waals surface area contributed by atoms with Crippen LogP contribution in [0.25, 0.3) is 11.3 Å². The largest absolute Gasteiger partial charge is 0.496 e. The lowest BCUT2D eigenvalue weighted by Gasteiger charge is -2.10. The summed E-state index contributed by atoms with van der Waals surface area (Å²) in [7, 11) is 1.61. The molecule has 5 nitrogen and oxygen atoms in total. The fourth-order valence-corrected chi connectivity index (χ4v) is 1.91. The molecule has 1 aromatic heterocycles. The summed E-state index contributed by atoms with van der Waals surface area (Å²) in [6.45, 7) is 2.01. The maximum atomic E-state index is 11.1. The van der Waals surface area contributed by atoms with E-state index in [2.05, 4.69) is 9.97 Å². The predicted octanol–water partition coefficient (Wildman–Crippen LogP) is 2.41. The van der Waals surface area contributed by atoms with Gasteiger partial charge >= 0.3 is 5.97 Å². The molecule has 1 N–H and O–H groups in total. The van der Waals surface area contributed by atoms with E-state index in [0.29, 0.717) is 5.69 Å². The minimum absolute atomic E-state index is 0.0466. The molecule has 0 atom stereocenters. The molecule has 0 aliphatic rings. The van der Waals surface area contributed by atoms with Crippen LogP contribution < -0.4 is 4.74 Å². The van der Waals surface area contributed by atoms with Crippen LogP contribution >= 0.6 is 0 Å². The number of methoxy groups -OCH3 is 1. The van der Waals surface area contributed by atoms with Crippen molar-refractivity contribution in [3.63, 3.8) is 0 Å². The van der Waals surface area contributed by atoms with Gasteiger partial charge in [-0.1, -0.05) is 6.92 Å². The molecule has 0 unspecified atom stereocenters. The van der Waals surface area contributed by atoms with Crippen LogP contribution in [0, 0.1) is 0 Å². The Kier molecular flexibility index (Phi) is 3.75. The Morgan fingerprint density at radius 1 is 1.32 bits per heavy atom. The second-order valence-electron chi connectivity index (χ2n) is 3.94. The summed E-state index contributed by atoms with van der Waals surface area (Å²) in [4.78, 5) is 19.1. The van der Waals surface area contributed by atoms with Crippen LogP contribution in [0.1, 0.15) is 23.0 Å². The Balaban J connectivity index is 2.56. The number of aromatic carboxylic acids is 1. The molecule has 1 aromatic carbocycles. The van der Waals surface area contributed by atoms with E-state index in [4.69, 9.17) is 9.84 Å². The molecule has 0 spiro atoms. The van der Waals surface area contributed by atoms with Gasteiger partial charge in [-0.2, -0.15) is 0 Å². The van der Waals surface area contributed by atoms with Gasteiger partial charge < -0.3 is 9.84 Å². The molecule has 0 aliphatic carbocycles. The zero-order chi connectivity index (χ0) is 13.8. The first-order valence-corrected chi connectivity index (χ1v) is 5.89. The number of benzene rings is 1. The molecule has 0 fully saturated rings. The smallest absolute Gasteiger partial charge is 0.356 e. The monoisotopic (exact) mass is 258 g/mol. The Hall–Kier alpha value is -2.43. The molecule has 0 amide bonds. The van der Waals surface area contributed by atoms with E-state index in [0.717, 1.165) is 23.3 Å². The number of ether oxygens (including phenoxy) is 1. The summed E-state index contributed by atoms with van der Waals surface area (Å²) in [6.07, 6.45) is 3.65. The molecule has 0 saturated heterocycles. The van der Waals surface area contributed by atoms with Gasteiger partial charge in [0.1, 0.15) is 11.4 Å². The molecule has 2 rings (SSSR count). The number of carbonyl (C=O) groups is 1. The van der Waals surface area contributed by atoms with Gasteiger partial charge in [-0.15, -0.1) is 0 Å². The van der Waals surface area contributed by atoms with Crippen LogP contribution in [0.4, 0.5) is 0 Å². The molecular weight excluding hydrogens is 244 g/mol. The van der Waals surface area contributed by atoms with Crippen molar-refractivity contribution < 1.29 is 14.6 Å². The van der Waals surface area contributed by atoms with Crippen molar-refractivity contribution in [2.24, 2.45) is 0 Å². The Labute approximate surface area is 110 Å². The van der Waals surface area contributed by atoms with Crippen molar-refractivity contribution in [3.05, 3.63) is 41.9 Å².